The molecule has 0 aliphatic carbocycles. The van der Waals surface area contributed by atoms with Gasteiger partial charge in [0.1, 0.15) is 0 Å². The standard InChI is InChI=1S/C23H28OS/c1-2-3-7-18-24-19-8-9-20-12-14-21(15-13-20)16-17-23(25)22-10-5-4-6-11-22/h4-6,10-17H,2-3,7-9,18-19H2,1H3. The summed E-state index contributed by atoms with van der Waals surface area (Å²) in [6, 6.07) is 18.8. The molecule has 0 aromatic heterocycles. The van der Waals surface area contributed by atoms with E-state index in [9.17, 15) is 0 Å². The van der Waals surface area contributed by atoms with Crippen LogP contribution in [0.2, 0.25) is 0 Å². The summed E-state index contributed by atoms with van der Waals surface area (Å²) in [7, 11) is 0. The van der Waals surface area contributed by atoms with Crippen LogP contribution < -0.4 is 0 Å². The van der Waals surface area contributed by atoms with E-state index in [1.54, 1.807) is 0 Å². The zero-order valence-corrected chi connectivity index (χ0v) is 15.9. The monoisotopic (exact) mass is 352 g/mol. The highest BCUT2D eigenvalue weighted by Crippen LogP contribution is 2.10. The summed E-state index contributed by atoms with van der Waals surface area (Å²) < 4.78 is 5.66. The number of rotatable bonds is 11. The minimum atomic E-state index is 0.858. The third-order valence-electron chi connectivity index (χ3n) is 4.11. The molecule has 2 heteroatoms. The Balaban J connectivity index is 1.72. The van der Waals surface area contributed by atoms with Gasteiger partial charge in [0.15, 0.2) is 0 Å². The average molecular weight is 353 g/mol. The lowest BCUT2D eigenvalue weighted by molar-refractivity contribution is 0.128. The number of hydrogen-bond donors (Lipinski definition) is 0. The Kier molecular flexibility index (Phi) is 9.17. The van der Waals surface area contributed by atoms with Crippen molar-refractivity contribution in [2.75, 3.05) is 13.2 Å². The summed E-state index contributed by atoms with van der Waals surface area (Å²) in [4.78, 5) is 0.866. The Morgan fingerprint density at radius 2 is 1.64 bits per heavy atom. The van der Waals surface area contributed by atoms with Crippen LogP contribution >= 0.6 is 12.2 Å². The first kappa shape index (κ1) is 19.6. The van der Waals surface area contributed by atoms with Crippen molar-refractivity contribution in [3.05, 3.63) is 77.4 Å². The predicted molar refractivity (Wildman–Crippen MR) is 112 cm³/mol. The third-order valence-corrected chi connectivity index (χ3v) is 4.48. The van der Waals surface area contributed by atoms with Gasteiger partial charge in [-0.05, 0) is 42.0 Å². The second kappa shape index (κ2) is 11.7. The second-order valence-electron chi connectivity index (χ2n) is 6.23. The number of benzene rings is 2. The van der Waals surface area contributed by atoms with E-state index in [2.05, 4.69) is 37.3 Å². The van der Waals surface area contributed by atoms with E-state index in [4.69, 9.17) is 17.0 Å². The summed E-state index contributed by atoms with van der Waals surface area (Å²) in [6.07, 6.45) is 9.94. The topological polar surface area (TPSA) is 9.23 Å². The Labute approximate surface area is 157 Å². The lowest BCUT2D eigenvalue weighted by atomic mass is 10.1. The molecular weight excluding hydrogens is 324 g/mol. The Morgan fingerprint density at radius 3 is 2.36 bits per heavy atom. The van der Waals surface area contributed by atoms with Crippen LogP contribution in [0.3, 0.4) is 0 Å². The third kappa shape index (κ3) is 7.76. The maximum atomic E-state index is 5.66. The molecule has 0 spiro atoms. The van der Waals surface area contributed by atoms with Gasteiger partial charge < -0.3 is 4.74 Å². The number of unbranched alkanes of at least 4 members (excludes halogenated alkanes) is 2. The van der Waals surface area contributed by atoms with Crippen molar-refractivity contribution < 1.29 is 4.74 Å². The molecule has 0 unspecified atom stereocenters. The Bertz CT molecular complexity index is 644. The van der Waals surface area contributed by atoms with Gasteiger partial charge in [0.2, 0.25) is 0 Å². The smallest absolute Gasteiger partial charge is 0.0469 e. The van der Waals surface area contributed by atoms with E-state index in [0.717, 1.165) is 36.5 Å². The van der Waals surface area contributed by atoms with Crippen molar-refractivity contribution in [1.82, 2.24) is 0 Å². The maximum Gasteiger partial charge on any atom is 0.0469 e. The van der Waals surface area contributed by atoms with E-state index in [-0.39, 0.29) is 0 Å². The normalized spacial score (nSPS) is 11.1. The molecule has 0 radical (unpaired) electrons. The molecule has 0 N–H and O–H groups in total. The molecule has 2 rings (SSSR count). The van der Waals surface area contributed by atoms with Crippen molar-refractivity contribution in [2.45, 2.75) is 39.0 Å². The van der Waals surface area contributed by atoms with Crippen molar-refractivity contribution >= 4 is 23.2 Å². The fraction of sp³-hybridized carbons (Fsp3) is 0.348. The van der Waals surface area contributed by atoms with E-state index in [1.165, 1.54) is 30.4 Å². The van der Waals surface area contributed by atoms with Gasteiger partial charge in [0.25, 0.3) is 0 Å². The quantitative estimate of drug-likeness (QED) is 0.204. The molecule has 0 atom stereocenters. The number of hydrogen-bond acceptors (Lipinski definition) is 2. The fourth-order valence-corrected chi connectivity index (χ4v) is 2.80. The molecule has 132 valence electrons. The van der Waals surface area contributed by atoms with Crippen LogP contribution in [0, 0.1) is 0 Å². The lowest BCUT2D eigenvalue weighted by Crippen LogP contribution is -1.98. The number of aryl methyl sites for hydroxylation is 1. The molecule has 0 saturated heterocycles. The van der Waals surface area contributed by atoms with Crippen LogP contribution in [0.25, 0.3) is 6.08 Å². The largest absolute Gasteiger partial charge is 0.381 e. The van der Waals surface area contributed by atoms with E-state index < -0.39 is 0 Å². The van der Waals surface area contributed by atoms with Gasteiger partial charge in [-0.2, -0.15) is 0 Å². The lowest BCUT2D eigenvalue weighted by Gasteiger charge is -2.04. The molecule has 0 saturated carbocycles. The molecule has 2 aromatic carbocycles. The van der Waals surface area contributed by atoms with Gasteiger partial charge in [-0.1, -0.05) is 92.7 Å². The van der Waals surface area contributed by atoms with Crippen LogP contribution in [0.15, 0.2) is 60.7 Å². The molecule has 0 bridgehead atoms. The molecule has 0 amide bonds. The SMILES string of the molecule is CCCCCOCCCc1ccc(C=CC(=S)c2ccccc2)cc1. The molecule has 2 aromatic rings. The first-order valence-corrected chi connectivity index (χ1v) is 9.64. The van der Waals surface area contributed by atoms with Crippen molar-refractivity contribution in [3.63, 3.8) is 0 Å². The Hall–Kier alpha value is -1.77. The summed E-state index contributed by atoms with van der Waals surface area (Å²) in [5.41, 5.74) is 3.63. The highest BCUT2D eigenvalue weighted by atomic mass is 32.1. The van der Waals surface area contributed by atoms with Gasteiger partial charge in [0, 0.05) is 18.1 Å². The zero-order valence-electron chi connectivity index (χ0n) is 15.1. The molecule has 0 fully saturated rings. The van der Waals surface area contributed by atoms with E-state index in [1.807, 2.05) is 36.4 Å². The van der Waals surface area contributed by atoms with Crippen LogP contribution in [-0.4, -0.2) is 18.1 Å². The predicted octanol–water partition coefficient (Wildman–Crippen LogP) is 6.26. The van der Waals surface area contributed by atoms with Crippen LogP contribution in [0.1, 0.15) is 49.3 Å². The van der Waals surface area contributed by atoms with Gasteiger partial charge in [-0.25, -0.2) is 0 Å². The van der Waals surface area contributed by atoms with Gasteiger partial charge in [-0.3, -0.25) is 0 Å². The molecule has 0 aliphatic rings. The highest BCUT2D eigenvalue weighted by Gasteiger charge is 1.97. The highest BCUT2D eigenvalue weighted by molar-refractivity contribution is 7.81. The summed E-state index contributed by atoms with van der Waals surface area (Å²) in [6.45, 7) is 3.98. The fourth-order valence-electron chi connectivity index (χ4n) is 2.60. The minimum Gasteiger partial charge on any atom is -0.381 e. The van der Waals surface area contributed by atoms with Crippen LogP contribution in [0.5, 0.6) is 0 Å². The average Bonchev–Trinajstić information content (AvgIpc) is 2.67. The summed E-state index contributed by atoms with van der Waals surface area (Å²) in [5.74, 6) is 0. The first-order valence-electron chi connectivity index (χ1n) is 9.23. The van der Waals surface area contributed by atoms with Crippen molar-refractivity contribution in [2.24, 2.45) is 0 Å². The molecule has 25 heavy (non-hydrogen) atoms. The van der Waals surface area contributed by atoms with Crippen molar-refractivity contribution in [3.8, 4) is 0 Å². The number of thiocarbonyl (C=S) groups is 1. The molecular formula is C23H28OS. The zero-order chi connectivity index (χ0) is 17.7. The second-order valence-corrected chi connectivity index (χ2v) is 6.67. The molecule has 0 heterocycles. The van der Waals surface area contributed by atoms with Crippen LogP contribution in [0.4, 0.5) is 0 Å². The van der Waals surface area contributed by atoms with Gasteiger partial charge in [0.05, 0.1) is 0 Å². The first-order chi connectivity index (χ1) is 12.3. The summed E-state index contributed by atoms with van der Waals surface area (Å²) in [5, 5.41) is 0. The molecule has 1 nitrogen and oxygen atoms in total. The Morgan fingerprint density at radius 1 is 0.920 bits per heavy atom. The minimum absolute atomic E-state index is 0.858. The van der Waals surface area contributed by atoms with E-state index in [0.29, 0.717) is 0 Å². The van der Waals surface area contributed by atoms with Crippen LogP contribution in [-0.2, 0) is 11.2 Å². The van der Waals surface area contributed by atoms with E-state index >= 15 is 0 Å². The number of ether oxygens (including phenoxy) is 1. The maximum absolute atomic E-state index is 5.66. The van der Waals surface area contributed by atoms with Gasteiger partial charge >= 0.3 is 0 Å². The number of allylic oxidation sites excluding steroid dienone is 1. The van der Waals surface area contributed by atoms with Gasteiger partial charge in [-0.15, -0.1) is 0 Å². The molecule has 0 aliphatic heterocycles. The summed E-state index contributed by atoms with van der Waals surface area (Å²) >= 11 is 5.45. The van der Waals surface area contributed by atoms with Crippen molar-refractivity contribution in [1.29, 1.82) is 0 Å².